The van der Waals surface area contributed by atoms with Crippen molar-refractivity contribution < 1.29 is 14.3 Å². The van der Waals surface area contributed by atoms with Gasteiger partial charge < -0.3 is 9.47 Å². The Balaban J connectivity index is 3.05. The molecule has 1 atom stereocenters. The van der Waals surface area contributed by atoms with Crippen LogP contribution in [-0.4, -0.2) is 24.2 Å². The van der Waals surface area contributed by atoms with Gasteiger partial charge in [-0.25, -0.2) is 9.78 Å². The number of nitrogens with zero attached hydrogens (tertiary/aromatic N) is 1. The minimum atomic E-state index is -0.422. The number of carbonyl (C=O) groups is 1. The van der Waals surface area contributed by atoms with Crippen LogP contribution in [0.2, 0.25) is 0 Å². The zero-order valence-electron chi connectivity index (χ0n) is 11.7. The van der Waals surface area contributed by atoms with Crippen molar-refractivity contribution in [1.82, 2.24) is 4.98 Å². The Labute approximate surface area is 112 Å². The van der Waals surface area contributed by atoms with E-state index in [2.05, 4.69) is 11.9 Å². The maximum absolute atomic E-state index is 11.7. The standard InChI is InChI=1S/C13H21NO3S/c1-6-13(5,17-8-3)12-14-10(9(4)18-12)11(15)16-7-2/h6-8H2,1-5H3. The number of ether oxygens (including phenoxy) is 2. The summed E-state index contributed by atoms with van der Waals surface area (Å²) >= 11 is 1.50. The normalized spacial score (nSPS) is 14.3. The molecule has 0 aliphatic heterocycles. The maximum Gasteiger partial charge on any atom is 0.358 e. The zero-order valence-corrected chi connectivity index (χ0v) is 12.5. The lowest BCUT2D eigenvalue weighted by Gasteiger charge is -2.25. The number of thiazole rings is 1. The highest BCUT2D eigenvalue weighted by Gasteiger charge is 2.31. The second-order valence-corrected chi connectivity index (χ2v) is 5.36. The molecule has 18 heavy (non-hydrogen) atoms. The molecule has 0 aromatic carbocycles. The van der Waals surface area contributed by atoms with Crippen LogP contribution in [0.1, 0.15) is 54.5 Å². The van der Waals surface area contributed by atoms with E-state index in [1.807, 2.05) is 20.8 Å². The van der Waals surface area contributed by atoms with Gasteiger partial charge in [0.1, 0.15) is 10.6 Å². The van der Waals surface area contributed by atoms with Gasteiger partial charge in [-0.2, -0.15) is 0 Å². The van der Waals surface area contributed by atoms with E-state index < -0.39 is 5.60 Å². The minimum Gasteiger partial charge on any atom is -0.461 e. The van der Waals surface area contributed by atoms with Gasteiger partial charge in [-0.05, 0) is 34.1 Å². The summed E-state index contributed by atoms with van der Waals surface area (Å²) in [5.41, 5.74) is -0.00853. The summed E-state index contributed by atoms with van der Waals surface area (Å²) in [6.07, 6.45) is 0.816. The van der Waals surface area contributed by atoms with Gasteiger partial charge in [0.2, 0.25) is 0 Å². The summed E-state index contributed by atoms with van der Waals surface area (Å²) in [5.74, 6) is -0.354. The van der Waals surface area contributed by atoms with Crippen LogP contribution in [0.5, 0.6) is 0 Å². The predicted molar refractivity (Wildman–Crippen MR) is 72.1 cm³/mol. The molecule has 0 aliphatic carbocycles. The first kappa shape index (κ1) is 15.1. The quantitative estimate of drug-likeness (QED) is 0.745. The van der Waals surface area contributed by atoms with Crippen molar-refractivity contribution >= 4 is 17.3 Å². The topological polar surface area (TPSA) is 48.4 Å². The van der Waals surface area contributed by atoms with E-state index in [1.54, 1.807) is 6.92 Å². The highest BCUT2D eigenvalue weighted by molar-refractivity contribution is 7.12. The Bertz CT molecular complexity index is 416. The van der Waals surface area contributed by atoms with Crippen molar-refractivity contribution in [2.24, 2.45) is 0 Å². The summed E-state index contributed by atoms with van der Waals surface area (Å²) < 4.78 is 10.8. The fourth-order valence-corrected chi connectivity index (χ4v) is 2.72. The first-order valence-corrected chi connectivity index (χ1v) is 7.09. The average Bonchev–Trinajstić information content (AvgIpc) is 2.72. The first-order chi connectivity index (χ1) is 8.48. The molecule has 4 nitrogen and oxygen atoms in total. The lowest BCUT2D eigenvalue weighted by Crippen LogP contribution is -2.25. The molecule has 0 saturated heterocycles. The molecule has 1 aromatic heterocycles. The first-order valence-electron chi connectivity index (χ1n) is 6.27. The molecule has 5 heteroatoms. The van der Waals surface area contributed by atoms with Crippen LogP contribution in [0.15, 0.2) is 0 Å². The number of esters is 1. The Morgan fingerprint density at radius 1 is 1.33 bits per heavy atom. The molecule has 0 spiro atoms. The van der Waals surface area contributed by atoms with E-state index in [0.29, 0.717) is 18.9 Å². The third-order valence-electron chi connectivity index (χ3n) is 2.86. The monoisotopic (exact) mass is 271 g/mol. The Kier molecular flexibility index (Phi) is 5.28. The number of rotatable bonds is 6. The lowest BCUT2D eigenvalue weighted by molar-refractivity contribution is -0.0325. The third-order valence-corrected chi connectivity index (χ3v) is 4.07. The molecule has 1 unspecified atom stereocenters. The third kappa shape index (κ3) is 3.09. The molecule has 0 radical (unpaired) electrons. The van der Waals surface area contributed by atoms with E-state index in [-0.39, 0.29) is 5.97 Å². The van der Waals surface area contributed by atoms with Gasteiger partial charge in [-0.3, -0.25) is 0 Å². The Morgan fingerprint density at radius 3 is 2.50 bits per heavy atom. The summed E-state index contributed by atoms with van der Waals surface area (Å²) in [7, 11) is 0. The van der Waals surface area contributed by atoms with Crippen LogP contribution < -0.4 is 0 Å². The molecule has 102 valence electrons. The van der Waals surface area contributed by atoms with Crippen molar-refractivity contribution in [3.8, 4) is 0 Å². The van der Waals surface area contributed by atoms with Crippen LogP contribution in [0.25, 0.3) is 0 Å². The highest BCUT2D eigenvalue weighted by Crippen LogP contribution is 2.33. The summed E-state index contributed by atoms with van der Waals surface area (Å²) in [6.45, 7) is 10.7. The van der Waals surface area contributed by atoms with Gasteiger partial charge in [-0.15, -0.1) is 11.3 Å². The van der Waals surface area contributed by atoms with E-state index in [0.717, 1.165) is 16.3 Å². The van der Waals surface area contributed by atoms with E-state index >= 15 is 0 Å². The zero-order chi connectivity index (χ0) is 13.8. The van der Waals surface area contributed by atoms with Gasteiger partial charge in [0, 0.05) is 11.5 Å². The summed E-state index contributed by atoms with van der Waals surface area (Å²) in [5, 5.41) is 0.840. The number of carbonyl (C=O) groups excluding carboxylic acids is 1. The van der Waals surface area contributed by atoms with Crippen molar-refractivity contribution in [2.45, 2.75) is 46.6 Å². The highest BCUT2D eigenvalue weighted by atomic mass is 32.1. The molecular weight excluding hydrogens is 250 g/mol. The molecular formula is C13H21NO3S. The Morgan fingerprint density at radius 2 is 2.00 bits per heavy atom. The number of aromatic nitrogens is 1. The lowest BCUT2D eigenvalue weighted by atomic mass is 10.0. The molecule has 0 bridgehead atoms. The fourth-order valence-electron chi connectivity index (χ4n) is 1.65. The molecule has 1 aromatic rings. The average molecular weight is 271 g/mol. The fraction of sp³-hybridized carbons (Fsp3) is 0.692. The maximum atomic E-state index is 11.7. The van der Waals surface area contributed by atoms with Gasteiger partial charge >= 0.3 is 5.97 Å². The minimum absolute atomic E-state index is 0.354. The summed E-state index contributed by atoms with van der Waals surface area (Å²) in [4.78, 5) is 17.0. The van der Waals surface area contributed by atoms with E-state index in [9.17, 15) is 4.79 Å². The van der Waals surface area contributed by atoms with Crippen LogP contribution in [0, 0.1) is 6.92 Å². The van der Waals surface area contributed by atoms with Gasteiger partial charge in [0.15, 0.2) is 5.69 Å². The molecule has 0 aliphatic rings. The number of hydrogen-bond acceptors (Lipinski definition) is 5. The molecule has 1 heterocycles. The van der Waals surface area contributed by atoms with E-state index in [1.165, 1.54) is 11.3 Å². The SMILES string of the molecule is CCOC(=O)c1nc(C(C)(CC)OCC)sc1C. The van der Waals surface area contributed by atoms with E-state index in [4.69, 9.17) is 9.47 Å². The predicted octanol–water partition coefficient (Wildman–Crippen LogP) is 3.29. The Hall–Kier alpha value is -0.940. The van der Waals surface area contributed by atoms with Crippen molar-refractivity contribution in [3.63, 3.8) is 0 Å². The molecule has 0 fully saturated rings. The smallest absolute Gasteiger partial charge is 0.358 e. The molecule has 0 saturated carbocycles. The van der Waals surface area contributed by atoms with Gasteiger partial charge in [0.25, 0.3) is 0 Å². The van der Waals surface area contributed by atoms with Crippen LogP contribution in [0.4, 0.5) is 0 Å². The van der Waals surface area contributed by atoms with Gasteiger partial charge in [0.05, 0.1) is 6.61 Å². The van der Waals surface area contributed by atoms with Crippen LogP contribution in [-0.2, 0) is 15.1 Å². The van der Waals surface area contributed by atoms with Crippen LogP contribution >= 0.6 is 11.3 Å². The van der Waals surface area contributed by atoms with Gasteiger partial charge in [-0.1, -0.05) is 6.92 Å². The second kappa shape index (κ2) is 6.29. The van der Waals surface area contributed by atoms with Crippen molar-refractivity contribution in [1.29, 1.82) is 0 Å². The molecule has 0 amide bonds. The number of aryl methyl sites for hydroxylation is 1. The van der Waals surface area contributed by atoms with Crippen molar-refractivity contribution in [3.05, 3.63) is 15.6 Å². The number of hydrogen-bond donors (Lipinski definition) is 0. The largest absolute Gasteiger partial charge is 0.461 e. The molecule has 0 N–H and O–H groups in total. The second-order valence-electron chi connectivity index (χ2n) is 4.16. The van der Waals surface area contributed by atoms with Crippen LogP contribution in [0.3, 0.4) is 0 Å². The molecule has 1 rings (SSSR count). The van der Waals surface area contributed by atoms with Crippen molar-refractivity contribution in [2.75, 3.05) is 13.2 Å². The summed E-state index contributed by atoms with van der Waals surface area (Å²) in [6, 6.07) is 0.